The molecule has 2 aromatic rings. The smallest absolute Gasteiger partial charge is 0.350 e. The Labute approximate surface area is 207 Å². The summed E-state index contributed by atoms with van der Waals surface area (Å²) in [6.07, 6.45) is 9.12. The first kappa shape index (κ1) is 22.7. The molecule has 1 saturated heterocycles. The van der Waals surface area contributed by atoms with E-state index in [4.69, 9.17) is 0 Å². The Morgan fingerprint density at radius 3 is 2.49 bits per heavy atom. The lowest BCUT2D eigenvalue weighted by molar-refractivity contribution is 0.122. The number of benzene rings is 2. The third-order valence-electron chi connectivity index (χ3n) is 8.98. The number of carbonyl (C=O) groups excluding carboxylic acids is 1. The molecule has 0 unspecified atom stereocenters. The quantitative estimate of drug-likeness (QED) is 0.600. The lowest BCUT2D eigenvalue weighted by atomic mass is 9.79. The van der Waals surface area contributed by atoms with Crippen molar-refractivity contribution in [1.82, 2.24) is 10.2 Å². The SMILES string of the molecule is C[C@H]1C[C@]2(CCN1Cc1ccccc1)C(NC1CCC3(CC1)CC3)=NC(=O)N2c1cccc(F)c1. The Morgan fingerprint density at radius 1 is 1.03 bits per heavy atom. The number of urea groups is 1. The lowest BCUT2D eigenvalue weighted by Crippen LogP contribution is -2.63. The number of nitrogens with zero attached hydrogens (tertiary/aromatic N) is 3. The van der Waals surface area contributed by atoms with Gasteiger partial charge in [0.1, 0.15) is 17.2 Å². The van der Waals surface area contributed by atoms with Gasteiger partial charge >= 0.3 is 6.03 Å². The number of aliphatic imine (C=N–C) groups is 1. The van der Waals surface area contributed by atoms with Crippen molar-refractivity contribution in [2.75, 3.05) is 11.4 Å². The maximum absolute atomic E-state index is 14.2. The van der Waals surface area contributed by atoms with Gasteiger partial charge in [0.25, 0.3) is 0 Å². The summed E-state index contributed by atoms with van der Waals surface area (Å²) in [5.41, 5.74) is 1.95. The highest BCUT2D eigenvalue weighted by atomic mass is 19.1. The maximum Gasteiger partial charge on any atom is 0.350 e. The average molecular weight is 475 g/mol. The van der Waals surface area contributed by atoms with Crippen LogP contribution in [0.5, 0.6) is 0 Å². The molecule has 4 aliphatic rings. The molecule has 184 valence electrons. The van der Waals surface area contributed by atoms with Crippen LogP contribution in [0.15, 0.2) is 59.6 Å². The van der Waals surface area contributed by atoms with Crippen LogP contribution in [0.4, 0.5) is 14.9 Å². The predicted octanol–water partition coefficient (Wildman–Crippen LogP) is 5.90. The Bertz CT molecular complexity index is 1120. The van der Waals surface area contributed by atoms with Gasteiger partial charge in [0.2, 0.25) is 0 Å². The van der Waals surface area contributed by atoms with Gasteiger partial charge in [-0.1, -0.05) is 36.4 Å². The van der Waals surface area contributed by atoms with Crippen molar-refractivity contribution in [1.29, 1.82) is 0 Å². The van der Waals surface area contributed by atoms with E-state index in [2.05, 4.69) is 46.4 Å². The molecule has 0 bridgehead atoms. The number of hydrogen-bond acceptors (Lipinski definition) is 3. The number of likely N-dealkylation sites (tertiary alicyclic amines) is 1. The second-order valence-electron chi connectivity index (χ2n) is 11.3. The molecule has 2 aliphatic heterocycles. The molecule has 2 saturated carbocycles. The van der Waals surface area contributed by atoms with Crippen LogP contribution < -0.4 is 10.2 Å². The summed E-state index contributed by atoms with van der Waals surface area (Å²) in [6.45, 7) is 3.98. The summed E-state index contributed by atoms with van der Waals surface area (Å²) in [4.78, 5) is 22.2. The van der Waals surface area contributed by atoms with Gasteiger partial charge in [0, 0.05) is 30.9 Å². The number of halogens is 1. The van der Waals surface area contributed by atoms with Gasteiger partial charge in [-0.2, -0.15) is 4.99 Å². The molecule has 2 atom stereocenters. The highest BCUT2D eigenvalue weighted by molar-refractivity contribution is 6.16. The van der Waals surface area contributed by atoms with Gasteiger partial charge in [-0.05, 0) is 87.5 Å². The molecule has 35 heavy (non-hydrogen) atoms. The maximum atomic E-state index is 14.2. The fourth-order valence-electron chi connectivity index (χ4n) is 6.66. The van der Waals surface area contributed by atoms with Gasteiger partial charge in [0.05, 0.1) is 0 Å². The normalized spacial score (nSPS) is 28.5. The Kier molecular flexibility index (Phi) is 5.67. The molecule has 2 heterocycles. The number of hydrogen-bond donors (Lipinski definition) is 1. The molecular formula is C29H35FN4O. The van der Waals surface area contributed by atoms with E-state index in [1.807, 2.05) is 12.1 Å². The molecule has 0 radical (unpaired) electrons. The molecule has 1 N–H and O–H groups in total. The summed E-state index contributed by atoms with van der Waals surface area (Å²) in [6, 6.07) is 17.3. The zero-order chi connectivity index (χ0) is 24.0. The molecule has 5 nitrogen and oxygen atoms in total. The van der Waals surface area contributed by atoms with E-state index in [0.29, 0.717) is 17.1 Å². The van der Waals surface area contributed by atoms with Gasteiger partial charge in [-0.15, -0.1) is 0 Å². The van der Waals surface area contributed by atoms with Crippen molar-refractivity contribution in [2.24, 2.45) is 10.4 Å². The number of carbonyl (C=O) groups is 1. The average Bonchev–Trinajstić information content (AvgIpc) is 3.56. The Morgan fingerprint density at radius 2 is 1.80 bits per heavy atom. The fourth-order valence-corrected chi connectivity index (χ4v) is 6.66. The summed E-state index contributed by atoms with van der Waals surface area (Å²) >= 11 is 0. The zero-order valence-corrected chi connectivity index (χ0v) is 20.5. The predicted molar refractivity (Wildman–Crippen MR) is 137 cm³/mol. The van der Waals surface area contributed by atoms with Crippen molar-refractivity contribution in [2.45, 2.75) is 82.5 Å². The van der Waals surface area contributed by atoms with Crippen molar-refractivity contribution in [3.8, 4) is 0 Å². The Hall–Kier alpha value is -2.73. The minimum Gasteiger partial charge on any atom is -0.369 e. The number of amides is 2. The number of rotatable bonds is 4. The first-order valence-corrected chi connectivity index (χ1v) is 13.2. The highest BCUT2D eigenvalue weighted by Gasteiger charge is 2.54. The van der Waals surface area contributed by atoms with Gasteiger partial charge in [-0.25, -0.2) is 9.18 Å². The minimum atomic E-state index is -0.563. The molecule has 2 amide bonds. The molecule has 6 rings (SSSR count). The van der Waals surface area contributed by atoms with Crippen LogP contribution in [0, 0.1) is 11.2 Å². The highest BCUT2D eigenvalue weighted by Crippen LogP contribution is 2.56. The molecule has 0 aromatic heterocycles. The van der Waals surface area contributed by atoms with E-state index < -0.39 is 5.54 Å². The molecule has 2 aliphatic carbocycles. The Balaban J connectivity index is 1.27. The molecule has 6 heteroatoms. The van der Waals surface area contributed by atoms with Crippen molar-refractivity contribution >= 4 is 17.6 Å². The number of nitrogens with one attached hydrogen (secondary N) is 1. The lowest BCUT2D eigenvalue weighted by Gasteiger charge is -2.48. The van der Waals surface area contributed by atoms with E-state index in [1.54, 1.807) is 11.0 Å². The summed E-state index contributed by atoms with van der Waals surface area (Å²) in [7, 11) is 0. The number of amidine groups is 1. The summed E-state index contributed by atoms with van der Waals surface area (Å²) in [5, 5.41) is 3.75. The third kappa shape index (κ3) is 4.26. The molecular weight excluding hydrogens is 439 g/mol. The van der Waals surface area contributed by atoms with Crippen LogP contribution in [0.3, 0.4) is 0 Å². The fraction of sp³-hybridized carbons (Fsp3) is 0.517. The third-order valence-corrected chi connectivity index (χ3v) is 8.98. The molecule has 2 aromatic carbocycles. The summed E-state index contributed by atoms with van der Waals surface area (Å²) in [5.74, 6) is 0.471. The second kappa shape index (κ2) is 8.74. The first-order valence-electron chi connectivity index (χ1n) is 13.2. The van der Waals surface area contributed by atoms with Gasteiger partial charge < -0.3 is 5.32 Å². The van der Waals surface area contributed by atoms with Gasteiger partial charge in [0.15, 0.2) is 0 Å². The summed E-state index contributed by atoms with van der Waals surface area (Å²) < 4.78 is 14.2. The van der Waals surface area contributed by atoms with Crippen molar-refractivity contribution < 1.29 is 9.18 Å². The molecule has 2 spiro atoms. The van der Waals surface area contributed by atoms with E-state index in [0.717, 1.165) is 44.6 Å². The van der Waals surface area contributed by atoms with E-state index in [1.165, 1.54) is 43.4 Å². The number of anilines is 1. The standard InChI is InChI=1S/C29H35FN4O/c1-21-19-29(16-17-33(21)20-22-6-3-2-4-7-22)26(31-24-10-12-28(13-11-24)14-15-28)32-27(35)34(29)25-9-5-8-23(30)18-25/h2-9,18,21,24H,10-17,19-20H2,1H3,(H,31,32,35)/t21-,29+/m0/s1. The number of piperidine rings is 1. The van der Waals surface area contributed by atoms with Gasteiger partial charge in [-0.3, -0.25) is 9.80 Å². The van der Waals surface area contributed by atoms with E-state index in [-0.39, 0.29) is 17.9 Å². The largest absolute Gasteiger partial charge is 0.369 e. The van der Waals surface area contributed by atoms with Crippen LogP contribution in [0.25, 0.3) is 0 Å². The molecule has 3 fully saturated rings. The van der Waals surface area contributed by atoms with Crippen LogP contribution in [0.2, 0.25) is 0 Å². The van der Waals surface area contributed by atoms with E-state index >= 15 is 0 Å². The van der Waals surface area contributed by atoms with Crippen LogP contribution in [-0.2, 0) is 6.54 Å². The minimum absolute atomic E-state index is 0.249. The second-order valence-corrected chi connectivity index (χ2v) is 11.3. The topological polar surface area (TPSA) is 47.9 Å². The van der Waals surface area contributed by atoms with E-state index in [9.17, 15) is 9.18 Å². The van der Waals surface area contributed by atoms with Crippen LogP contribution >= 0.6 is 0 Å². The monoisotopic (exact) mass is 474 g/mol. The van der Waals surface area contributed by atoms with Crippen molar-refractivity contribution in [3.05, 3.63) is 66.0 Å². The van der Waals surface area contributed by atoms with Crippen LogP contribution in [0.1, 0.15) is 63.9 Å². The van der Waals surface area contributed by atoms with Crippen molar-refractivity contribution in [3.63, 3.8) is 0 Å². The van der Waals surface area contributed by atoms with Crippen LogP contribution in [-0.4, -0.2) is 40.9 Å². The zero-order valence-electron chi connectivity index (χ0n) is 20.5. The first-order chi connectivity index (χ1) is 17.0.